The quantitative estimate of drug-likeness (QED) is 0.320. The maximum absolute atomic E-state index is 13.0. The lowest BCUT2D eigenvalue weighted by Crippen LogP contribution is -2.43. The number of benzene rings is 2. The van der Waals surface area contributed by atoms with Crippen LogP contribution in [0, 0.1) is 5.92 Å². The number of para-hydroxylation sites is 1. The summed E-state index contributed by atoms with van der Waals surface area (Å²) in [6, 6.07) is 10.9. The largest absolute Gasteiger partial charge is 0.508 e. The van der Waals surface area contributed by atoms with E-state index < -0.39 is 33.4 Å². The number of amides is 1. The zero-order valence-electron chi connectivity index (χ0n) is 16.7. The minimum atomic E-state index is -4.36. The number of nitrogens with zero attached hydrogens (tertiary/aromatic N) is 1. The Balaban J connectivity index is 1.77. The molecule has 31 heavy (non-hydrogen) atoms. The highest BCUT2D eigenvalue weighted by Gasteiger charge is 2.49. The van der Waals surface area contributed by atoms with Crippen molar-refractivity contribution in [3.8, 4) is 5.75 Å². The predicted molar refractivity (Wildman–Crippen MR) is 115 cm³/mol. The number of aliphatic hydroxyl groups is 1. The van der Waals surface area contributed by atoms with Gasteiger partial charge in [0.25, 0.3) is 16.0 Å². The average molecular weight is 442 g/mol. The van der Waals surface area contributed by atoms with Crippen molar-refractivity contribution in [2.75, 3.05) is 10.2 Å². The molecule has 4 unspecified atom stereocenters. The number of carbonyl (C=O) groups is 1. The molecule has 2 aromatic carbocycles. The molecule has 2 aromatic rings. The van der Waals surface area contributed by atoms with Gasteiger partial charge >= 0.3 is 0 Å². The molecule has 0 spiro atoms. The molecule has 2 aliphatic heterocycles. The number of fused-ring (bicyclic) bond motifs is 2. The van der Waals surface area contributed by atoms with Crippen LogP contribution in [0.5, 0.6) is 5.75 Å². The zero-order valence-corrected chi connectivity index (χ0v) is 17.5. The van der Waals surface area contributed by atoms with Crippen LogP contribution >= 0.6 is 0 Å². The summed E-state index contributed by atoms with van der Waals surface area (Å²) in [5.41, 5.74) is 2.54. The SMILES string of the molecule is CC1CC(N2/C(=C3\C(=O)Nc4ccc(O)cc43)C(O)c3ccccc32)C(S(=O)(=O)O)C1. The minimum Gasteiger partial charge on any atom is -0.508 e. The predicted octanol–water partition coefficient (Wildman–Crippen LogP) is 2.66. The van der Waals surface area contributed by atoms with Crippen LogP contribution in [0.1, 0.15) is 37.0 Å². The van der Waals surface area contributed by atoms with Gasteiger partial charge in [0.2, 0.25) is 0 Å². The third-order valence-corrected chi connectivity index (χ3v) is 7.71. The highest BCUT2D eigenvalue weighted by Crippen LogP contribution is 2.51. The highest BCUT2D eigenvalue weighted by atomic mass is 32.2. The lowest BCUT2D eigenvalue weighted by atomic mass is 10.00. The molecule has 3 aliphatic rings. The first-order chi connectivity index (χ1) is 14.7. The Morgan fingerprint density at radius 1 is 1.13 bits per heavy atom. The van der Waals surface area contributed by atoms with Gasteiger partial charge in [-0.3, -0.25) is 9.35 Å². The fraction of sp³-hybridized carbons (Fsp3) is 0.318. The Bertz CT molecular complexity index is 1240. The van der Waals surface area contributed by atoms with Crippen LogP contribution in [0.4, 0.5) is 11.4 Å². The maximum atomic E-state index is 13.0. The first-order valence-corrected chi connectivity index (χ1v) is 11.6. The van der Waals surface area contributed by atoms with Crippen LogP contribution in [-0.2, 0) is 14.9 Å². The van der Waals surface area contributed by atoms with Crippen LogP contribution in [0.15, 0.2) is 48.2 Å². The number of aromatic hydroxyl groups is 1. The summed E-state index contributed by atoms with van der Waals surface area (Å²) in [4.78, 5) is 14.7. The number of aliphatic hydroxyl groups excluding tert-OH is 1. The average Bonchev–Trinajstić information content (AvgIpc) is 3.33. The lowest BCUT2D eigenvalue weighted by Gasteiger charge is -2.33. The Morgan fingerprint density at radius 2 is 1.87 bits per heavy atom. The van der Waals surface area contributed by atoms with Gasteiger partial charge in [-0.2, -0.15) is 8.42 Å². The number of hydrogen-bond donors (Lipinski definition) is 4. The number of hydrogen-bond acceptors (Lipinski definition) is 6. The fourth-order valence-electron chi connectivity index (χ4n) is 5.18. The van der Waals surface area contributed by atoms with E-state index in [1.807, 2.05) is 6.92 Å². The molecule has 4 atom stereocenters. The van der Waals surface area contributed by atoms with Crippen LogP contribution in [0.25, 0.3) is 5.57 Å². The van der Waals surface area contributed by atoms with Gasteiger partial charge in [-0.05, 0) is 43.0 Å². The molecular formula is C22H22N2O6S. The van der Waals surface area contributed by atoms with Crippen molar-refractivity contribution < 1.29 is 28.0 Å². The molecule has 0 radical (unpaired) electrons. The van der Waals surface area contributed by atoms with E-state index in [-0.39, 0.29) is 29.4 Å². The lowest BCUT2D eigenvalue weighted by molar-refractivity contribution is -0.110. The summed E-state index contributed by atoms with van der Waals surface area (Å²) in [6.45, 7) is 1.92. The Kier molecular flexibility index (Phi) is 4.40. The van der Waals surface area contributed by atoms with Crippen molar-refractivity contribution in [3.63, 3.8) is 0 Å². The molecule has 9 heteroatoms. The van der Waals surface area contributed by atoms with E-state index in [2.05, 4.69) is 5.32 Å². The molecule has 5 rings (SSSR count). The van der Waals surface area contributed by atoms with Gasteiger partial charge in [0.1, 0.15) is 17.1 Å². The highest BCUT2D eigenvalue weighted by molar-refractivity contribution is 7.86. The van der Waals surface area contributed by atoms with Crippen LogP contribution in [0.2, 0.25) is 0 Å². The molecule has 8 nitrogen and oxygen atoms in total. The first-order valence-electron chi connectivity index (χ1n) is 10.1. The van der Waals surface area contributed by atoms with Crippen molar-refractivity contribution in [2.45, 2.75) is 37.2 Å². The van der Waals surface area contributed by atoms with E-state index in [1.165, 1.54) is 12.1 Å². The van der Waals surface area contributed by atoms with Crippen molar-refractivity contribution in [3.05, 3.63) is 59.3 Å². The molecule has 1 aliphatic carbocycles. The van der Waals surface area contributed by atoms with Crippen LogP contribution in [0.3, 0.4) is 0 Å². The fourth-order valence-corrected chi connectivity index (χ4v) is 6.38. The van der Waals surface area contributed by atoms with Crippen molar-refractivity contribution >= 4 is 33.0 Å². The zero-order chi connectivity index (χ0) is 22.1. The molecule has 1 fully saturated rings. The van der Waals surface area contributed by atoms with E-state index in [0.29, 0.717) is 28.9 Å². The maximum Gasteiger partial charge on any atom is 0.269 e. The number of anilines is 2. The van der Waals surface area contributed by atoms with Crippen molar-refractivity contribution in [1.82, 2.24) is 0 Å². The molecule has 0 aromatic heterocycles. The second-order valence-corrected chi connectivity index (χ2v) is 10.1. The summed E-state index contributed by atoms with van der Waals surface area (Å²) in [7, 11) is -4.36. The third-order valence-electron chi connectivity index (χ3n) is 6.44. The van der Waals surface area contributed by atoms with E-state index in [0.717, 1.165) is 0 Å². The summed E-state index contributed by atoms with van der Waals surface area (Å²) in [5.74, 6) is -0.445. The van der Waals surface area contributed by atoms with E-state index in [4.69, 9.17) is 0 Å². The van der Waals surface area contributed by atoms with Gasteiger partial charge in [0.15, 0.2) is 0 Å². The van der Waals surface area contributed by atoms with Gasteiger partial charge in [0, 0.05) is 22.5 Å². The summed E-state index contributed by atoms with van der Waals surface area (Å²) >= 11 is 0. The monoisotopic (exact) mass is 442 g/mol. The van der Waals surface area contributed by atoms with Gasteiger partial charge in [-0.15, -0.1) is 0 Å². The number of nitrogens with one attached hydrogen (secondary N) is 1. The number of carbonyl (C=O) groups excluding carboxylic acids is 1. The van der Waals surface area contributed by atoms with Gasteiger partial charge in [0.05, 0.1) is 17.3 Å². The Morgan fingerprint density at radius 3 is 2.61 bits per heavy atom. The normalized spacial score (nSPS) is 29.8. The number of rotatable bonds is 2. The number of phenolic OH excluding ortho intramolecular Hbond substituents is 1. The van der Waals surface area contributed by atoms with E-state index in [9.17, 15) is 28.0 Å². The van der Waals surface area contributed by atoms with E-state index in [1.54, 1.807) is 35.2 Å². The van der Waals surface area contributed by atoms with Crippen LogP contribution < -0.4 is 10.2 Å². The van der Waals surface area contributed by atoms with Crippen LogP contribution in [-0.4, -0.2) is 40.4 Å². The minimum absolute atomic E-state index is 0.0295. The molecule has 162 valence electrons. The topological polar surface area (TPSA) is 127 Å². The molecule has 1 saturated carbocycles. The molecule has 1 amide bonds. The number of phenols is 1. The summed E-state index contributed by atoms with van der Waals surface area (Å²) in [6.07, 6.45) is -0.412. The summed E-state index contributed by atoms with van der Waals surface area (Å²) in [5, 5.41) is 22.9. The van der Waals surface area contributed by atoms with Crippen molar-refractivity contribution in [1.29, 1.82) is 0 Å². The second-order valence-electron chi connectivity index (χ2n) is 8.47. The van der Waals surface area contributed by atoms with E-state index >= 15 is 0 Å². The Labute approximate surface area is 179 Å². The van der Waals surface area contributed by atoms with Gasteiger partial charge in [-0.25, -0.2) is 0 Å². The Hall–Kier alpha value is -2.88. The smallest absolute Gasteiger partial charge is 0.269 e. The molecule has 4 N–H and O–H groups in total. The molecule has 0 bridgehead atoms. The van der Waals surface area contributed by atoms with Gasteiger partial charge in [-0.1, -0.05) is 25.1 Å². The second kappa shape index (κ2) is 6.81. The molecular weight excluding hydrogens is 420 g/mol. The molecule has 0 saturated heterocycles. The third kappa shape index (κ3) is 3.03. The van der Waals surface area contributed by atoms with Crippen molar-refractivity contribution in [2.24, 2.45) is 5.92 Å². The standard InChI is InChI=1S/C22H22N2O6S/c1-11-8-17(18(9-11)31(28,29)30)24-16-5-3-2-4-13(16)21(26)20(24)19-14-10-12(25)6-7-15(14)23-22(19)27/h2-7,10-11,17-18,21,25-26H,8-9H2,1H3,(H,23,27)(H,28,29,30)/b20-19-. The van der Waals surface area contributed by atoms with Gasteiger partial charge < -0.3 is 20.4 Å². The molecule has 2 heterocycles. The first kappa shape index (κ1) is 20.0. The summed E-state index contributed by atoms with van der Waals surface area (Å²) < 4.78 is 34.4.